The van der Waals surface area contributed by atoms with Crippen molar-refractivity contribution in [2.75, 3.05) is 13.7 Å². The van der Waals surface area contributed by atoms with Gasteiger partial charge in [0, 0.05) is 18.5 Å². The number of aryl methyl sites for hydroxylation is 1. The minimum atomic E-state index is -5.03. The molecule has 4 N–H and O–H groups in total. The highest BCUT2D eigenvalue weighted by Crippen LogP contribution is 2.28. The molecule has 0 saturated carbocycles. The molecule has 0 saturated heterocycles. The van der Waals surface area contributed by atoms with Gasteiger partial charge in [-0.25, -0.2) is 0 Å². The number of amides is 4. The summed E-state index contributed by atoms with van der Waals surface area (Å²) < 4.78 is 72.9. The van der Waals surface area contributed by atoms with Gasteiger partial charge in [0.25, 0.3) is 11.8 Å². The van der Waals surface area contributed by atoms with E-state index in [2.05, 4.69) is 20.9 Å². The molecule has 1 aromatic carbocycles. The van der Waals surface area contributed by atoms with Crippen LogP contribution in [0.5, 0.6) is 0 Å². The van der Waals surface area contributed by atoms with Gasteiger partial charge in [-0.2, -0.15) is 22.0 Å². The van der Waals surface area contributed by atoms with Crippen molar-refractivity contribution in [3.05, 3.63) is 89.5 Å². The molecular weight excluding hydrogens is 681 g/mol. The average Bonchev–Trinajstić information content (AvgIpc) is 3.07. The lowest BCUT2D eigenvalue weighted by atomic mass is 9.82. The van der Waals surface area contributed by atoms with Crippen molar-refractivity contribution in [3.63, 3.8) is 0 Å². The van der Waals surface area contributed by atoms with Crippen molar-refractivity contribution in [3.8, 4) is 0 Å². The molecule has 0 bridgehead atoms. The van der Waals surface area contributed by atoms with Crippen molar-refractivity contribution < 1.29 is 50.7 Å². The van der Waals surface area contributed by atoms with E-state index in [1.165, 1.54) is 39.3 Å². The first-order valence-corrected chi connectivity index (χ1v) is 15.9. The van der Waals surface area contributed by atoms with Gasteiger partial charge in [0.1, 0.15) is 30.1 Å². The van der Waals surface area contributed by atoms with E-state index in [0.29, 0.717) is 11.3 Å². The summed E-state index contributed by atoms with van der Waals surface area (Å²) in [5.41, 5.74) is 1.54. The summed E-state index contributed by atoms with van der Waals surface area (Å²) in [4.78, 5) is 70.1. The van der Waals surface area contributed by atoms with Crippen LogP contribution in [-0.2, 0) is 30.3 Å². The smallest absolute Gasteiger partial charge is 0.405 e. The van der Waals surface area contributed by atoms with Crippen LogP contribution in [0.3, 0.4) is 0 Å². The highest BCUT2D eigenvalue weighted by atomic mass is 19.4. The van der Waals surface area contributed by atoms with E-state index in [1.54, 1.807) is 49.4 Å². The zero-order valence-corrected chi connectivity index (χ0v) is 28.5. The van der Waals surface area contributed by atoms with Gasteiger partial charge in [-0.3, -0.25) is 29.0 Å². The third-order valence-electron chi connectivity index (χ3n) is 8.05. The highest BCUT2D eigenvalue weighted by molar-refractivity contribution is 6.10. The molecule has 3 rings (SSSR count). The van der Waals surface area contributed by atoms with Gasteiger partial charge in [0.2, 0.25) is 17.6 Å². The number of ether oxygens (including phenoxy) is 1. The van der Waals surface area contributed by atoms with Gasteiger partial charge >= 0.3 is 12.1 Å². The Morgan fingerprint density at radius 2 is 1.65 bits per heavy atom. The lowest BCUT2D eigenvalue weighted by Crippen LogP contribution is -2.62. The SMILES string of the molecule is COC1=CC(C)C([C@H](NC(=O)[C@H](Cc2cccc(C)c2)NC(=O)c2ccccn2)C(=O)N[C@H](C(=O)C(F)(F)C(=O)NCC(F)(F)F)C(C)C)C=C1. The summed E-state index contributed by atoms with van der Waals surface area (Å²) in [6, 6.07) is 6.83. The molecule has 4 amide bonds. The number of rotatable bonds is 15. The number of carbonyl (C=O) groups is 5. The Morgan fingerprint density at radius 3 is 2.22 bits per heavy atom. The maximum absolute atomic E-state index is 14.9. The standard InChI is InChI=1S/C35H40F5N5O6/c1-19(2)27(29(46)35(39,40)33(50)42-18-34(36,37)38)44-32(49)28(24-13-12-23(51-5)16-21(24)4)45-31(48)26(17-22-10-8-9-20(3)15-22)43-30(47)25-11-6-7-14-41-25/h6-16,19,21,24,26-28H,17-18H2,1-5H3,(H,42,50)(H,43,47)(H,44,49)(H,45,48)/t21?,24?,26-,27-,28-/m0/s1. The van der Waals surface area contributed by atoms with E-state index >= 15 is 0 Å². The lowest BCUT2D eigenvalue weighted by molar-refractivity contribution is -0.165. The molecule has 1 heterocycles. The number of nitrogens with one attached hydrogen (secondary N) is 4. The van der Waals surface area contributed by atoms with Gasteiger partial charge in [0.15, 0.2) is 0 Å². The largest absolute Gasteiger partial charge is 0.497 e. The van der Waals surface area contributed by atoms with Gasteiger partial charge in [-0.05, 0) is 48.6 Å². The van der Waals surface area contributed by atoms with Crippen LogP contribution in [0.15, 0.2) is 72.6 Å². The number of carbonyl (C=O) groups excluding carboxylic acids is 5. The number of alkyl halides is 5. The van der Waals surface area contributed by atoms with Crippen LogP contribution < -0.4 is 21.3 Å². The van der Waals surface area contributed by atoms with Gasteiger partial charge in [0.05, 0.1) is 13.2 Å². The van der Waals surface area contributed by atoms with E-state index in [1.807, 2.05) is 13.0 Å². The number of aromatic nitrogens is 1. The average molecular weight is 722 g/mol. The first-order chi connectivity index (χ1) is 23.8. The molecule has 1 aliphatic rings. The Hall–Kier alpha value is -5.15. The molecule has 16 heteroatoms. The number of hydrogen-bond donors (Lipinski definition) is 4. The molecule has 0 spiro atoms. The fourth-order valence-corrected chi connectivity index (χ4v) is 5.34. The fraction of sp³-hybridized carbons (Fsp3) is 0.429. The van der Waals surface area contributed by atoms with E-state index in [9.17, 15) is 45.9 Å². The predicted molar refractivity (Wildman–Crippen MR) is 175 cm³/mol. The first kappa shape index (κ1) is 40.3. The number of ketones is 1. The Morgan fingerprint density at radius 1 is 0.941 bits per heavy atom. The second kappa shape index (κ2) is 17.2. The molecule has 276 valence electrons. The lowest BCUT2D eigenvalue weighted by Gasteiger charge is -2.33. The van der Waals surface area contributed by atoms with E-state index in [4.69, 9.17) is 4.74 Å². The Balaban J connectivity index is 1.96. The second-order valence-electron chi connectivity index (χ2n) is 12.5. The molecule has 0 fully saturated rings. The molecule has 1 aliphatic carbocycles. The Kier molecular flexibility index (Phi) is 13.6. The Labute approximate surface area is 291 Å². The van der Waals surface area contributed by atoms with Crippen LogP contribution >= 0.6 is 0 Å². The quantitative estimate of drug-likeness (QED) is 0.162. The topological polar surface area (TPSA) is 156 Å². The van der Waals surface area contributed by atoms with Gasteiger partial charge < -0.3 is 26.0 Å². The number of nitrogens with zero attached hydrogens (tertiary/aromatic N) is 1. The molecule has 11 nitrogen and oxygen atoms in total. The van der Waals surface area contributed by atoms with Crippen LogP contribution in [0.1, 0.15) is 42.4 Å². The van der Waals surface area contributed by atoms with Crippen molar-refractivity contribution in [2.24, 2.45) is 17.8 Å². The van der Waals surface area contributed by atoms with Crippen LogP contribution in [0.2, 0.25) is 0 Å². The molecule has 2 unspecified atom stereocenters. The van der Waals surface area contributed by atoms with Crippen LogP contribution in [0.4, 0.5) is 22.0 Å². The molecule has 51 heavy (non-hydrogen) atoms. The molecule has 5 atom stereocenters. The number of Topliss-reactive ketones (excluding diaryl/α,β-unsaturated/α-hetero) is 1. The van der Waals surface area contributed by atoms with Crippen LogP contribution in [-0.4, -0.2) is 78.3 Å². The van der Waals surface area contributed by atoms with Crippen molar-refractivity contribution in [2.45, 2.75) is 64.3 Å². The van der Waals surface area contributed by atoms with Crippen LogP contribution in [0, 0.1) is 24.7 Å². The highest BCUT2D eigenvalue weighted by Gasteiger charge is 2.52. The number of halogens is 5. The third-order valence-corrected chi connectivity index (χ3v) is 8.05. The molecule has 1 aromatic heterocycles. The molecule has 0 aliphatic heterocycles. The number of benzene rings is 1. The normalized spacial score (nSPS) is 17.7. The van der Waals surface area contributed by atoms with Gasteiger partial charge in [-0.15, -0.1) is 0 Å². The zero-order valence-electron chi connectivity index (χ0n) is 28.5. The molecule has 2 aromatic rings. The van der Waals surface area contributed by atoms with Gasteiger partial charge in [-0.1, -0.05) is 62.7 Å². The number of pyridine rings is 1. The van der Waals surface area contributed by atoms with Crippen molar-refractivity contribution >= 4 is 29.4 Å². The monoisotopic (exact) mass is 721 g/mol. The summed E-state index contributed by atoms with van der Waals surface area (Å²) in [7, 11) is 1.42. The summed E-state index contributed by atoms with van der Waals surface area (Å²) >= 11 is 0. The van der Waals surface area contributed by atoms with E-state index in [0.717, 1.165) is 10.9 Å². The zero-order chi connectivity index (χ0) is 38.1. The summed E-state index contributed by atoms with van der Waals surface area (Å²) in [5, 5.41) is 8.44. The second-order valence-corrected chi connectivity index (χ2v) is 12.5. The minimum Gasteiger partial charge on any atom is -0.497 e. The van der Waals surface area contributed by atoms with E-state index in [-0.39, 0.29) is 12.1 Å². The number of hydrogen-bond acceptors (Lipinski definition) is 7. The first-order valence-electron chi connectivity index (χ1n) is 15.9. The van der Waals surface area contributed by atoms with Crippen molar-refractivity contribution in [1.29, 1.82) is 0 Å². The number of allylic oxidation sites excluding steroid dienone is 2. The van der Waals surface area contributed by atoms with Crippen molar-refractivity contribution in [1.82, 2.24) is 26.3 Å². The summed E-state index contributed by atoms with van der Waals surface area (Å²) in [6.45, 7) is 3.98. The molecular formula is C35H40F5N5O6. The summed E-state index contributed by atoms with van der Waals surface area (Å²) in [6.07, 6.45) is 1.04. The third kappa shape index (κ3) is 11.2. The minimum absolute atomic E-state index is 0.00777. The maximum Gasteiger partial charge on any atom is 0.405 e. The fourth-order valence-electron chi connectivity index (χ4n) is 5.34. The predicted octanol–water partition coefficient (Wildman–Crippen LogP) is 3.59. The maximum atomic E-state index is 14.9. The summed E-state index contributed by atoms with van der Waals surface area (Å²) in [5.74, 6) is -14.2. The molecule has 0 radical (unpaired) electrons. The van der Waals surface area contributed by atoms with Crippen LogP contribution in [0.25, 0.3) is 0 Å². The number of methoxy groups -OCH3 is 1. The Bertz CT molecular complexity index is 1650. The van der Waals surface area contributed by atoms with E-state index < -0.39 is 83.9 Å².